The van der Waals surface area contributed by atoms with Crippen molar-refractivity contribution in [3.63, 3.8) is 0 Å². The molecule has 0 aliphatic rings. The van der Waals surface area contributed by atoms with Crippen LogP contribution in [0.4, 0.5) is 13.2 Å². The van der Waals surface area contributed by atoms with Crippen molar-refractivity contribution in [2.24, 2.45) is 0 Å². The smallest absolute Gasteiger partial charge is 0.353 e. The number of hydrogen-bond acceptors (Lipinski definition) is 3. The third kappa shape index (κ3) is 4.60. The van der Waals surface area contributed by atoms with E-state index in [-0.39, 0.29) is 28.6 Å². The van der Waals surface area contributed by atoms with E-state index in [1.807, 2.05) is 6.07 Å². The highest BCUT2D eigenvalue weighted by Crippen LogP contribution is 2.43. The number of benzene rings is 1. The van der Waals surface area contributed by atoms with Crippen LogP contribution >= 0.6 is 27.5 Å². The minimum Gasteiger partial charge on any atom is -0.353 e. The molecule has 0 saturated carbocycles. The van der Waals surface area contributed by atoms with Gasteiger partial charge in [-0.1, -0.05) is 23.7 Å². The van der Waals surface area contributed by atoms with Crippen LogP contribution in [0.2, 0.25) is 5.02 Å². The zero-order valence-corrected chi connectivity index (χ0v) is 16.2. The lowest BCUT2D eigenvalue weighted by Crippen LogP contribution is -2.18. The molecule has 0 bridgehead atoms. The SMILES string of the molecule is CC(C)OCOCn1c(-c2ccc(Cl)cc2)c(C#N)c(Br)c1C(F)(F)F. The van der Waals surface area contributed by atoms with E-state index in [1.54, 1.807) is 38.1 Å². The molecule has 1 aromatic carbocycles. The van der Waals surface area contributed by atoms with Gasteiger partial charge < -0.3 is 14.0 Å². The highest BCUT2D eigenvalue weighted by molar-refractivity contribution is 9.10. The van der Waals surface area contributed by atoms with Gasteiger partial charge in [-0.15, -0.1) is 0 Å². The van der Waals surface area contributed by atoms with Crippen molar-refractivity contribution in [1.82, 2.24) is 4.57 Å². The number of alkyl halides is 3. The first kappa shape index (κ1) is 20.8. The van der Waals surface area contributed by atoms with Gasteiger partial charge in [0.25, 0.3) is 0 Å². The molecular formula is C17H15BrClF3N2O2. The Bertz CT molecular complexity index is 811. The average molecular weight is 452 g/mol. The second-order valence-corrected chi connectivity index (χ2v) is 6.83. The first-order chi connectivity index (χ1) is 12.2. The van der Waals surface area contributed by atoms with Gasteiger partial charge in [-0.3, -0.25) is 0 Å². The maximum Gasteiger partial charge on any atom is 0.432 e. The summed E-state index contributed by atoms with van der Waals surface area (Å²) in [4.78, 5) is 0. The molecular weight excluding hydrogens is 437 g/mol. The highest BCUT2D eigenvalue weighted by atomic mass is 79.9. The number of halogens is 5. The summed E-state index contributed by atoms with van der Waals surface area (Å²) in [5.74, 6) is 0. The quantitative estimate of drug-likeness (QED) is 0.411. The van der Waals surface area contributed by atoms with Gasteiger partial charge in [0.1, 0.15) is 25.3 Å². The van der Waals surface area contributed by atoms with Crippen LogP contribution in [0.5, 0.6) is 0 Å². The second kappa shape index (κ2) is 8.44. The Morgan fingerprint density at radius 2 is 1.88 bits per heavy atom. The topological polar surface area (TPSA) is 47.2 Å². The number of hydrogen-bond donors (Lipinski definition) is 0. The molecule has 0 saturated heterocycles. The third-order valence-electron chi connectivity index (χ3n) is 3.41. The Labute approximate surface area is 162 Å². The Morgan fingerprint density at radius 1 is 1.27 bits per heavy atom. The molecule has 1 aromatic heterocycles. The van der Waals surface area contributed by atoms with E-state index in [9.17, 15) is 18.4 Å². The van der Waals surface area contributed by atoms with Gasteiger partial charge in [0.15, 0.2) is 0 Å². The number of rotatable bonds is 6. The Morgan fingerprint density at radius 3 is 2.38 bits per heavy atom. The van der Waals surface area contributed by atoms with Crippen molar-refractivity contribution in [2.45, 2.75) is 32.9 Å². The molecule has 26 heavy (non-hydrogen) atoms. The van der Waals surface area contributed by atoms with E-state index in [1.165, 1.54) is 0 Å². The molecule has 0 amide bonds. The summed E-state index contributed by atoms with van der Waals surface area (Å²) in [5, 5.41) is 9.84. The molecule has 4 nitrogen and oxygen atoms in total. The molecule has 0 spiro atoms. The predicted octanol–water partition coefficient (Wildman–Crippen LogP) is 5.82. The van der Waals surface area contributed by atoms with Gasteiger partial charge in [-0.2, -0.15) is 18.4 Å². The maximum absolute atomic E-state index is 13.6. The van der Waals surface area contributed by atoms with Crippen LogP contribution in [0.1, 0.15) is 25.1 Å². The van der Waals surface area contributed by atoms with Crippen LogP contribution in [0.3, 0.4) is 0 Å². The molecule has 0 aliphatic heterocycles. The van der Waals surface area contributed by atoms with E-state index < -0.39 is 18.6 Å². The first-order valence-electron chi connectivity index (χ1n) is 7.51. The molecule has 2 aromatic rings. The van der Waals surface area contributed by atoms with Crippen LogP contribution < -0.4 is 0 Å². The van der Waals surface area contributed by atoms with Crippen molar-refractivity contribution in [3.8, 4) is 17.3 Å². The molecule has 0 radical (unpaired) electrons. The van der Waals surface area contributed by atoms with Gasteiger partial charge in [-0.05, 0) is 47.5 Å². The fourth-order valence-electron chi connectivity index (χ4n) is 2.32. The summed E-state index contributed by atoms with van der Waals surface area (Å²) in [6.07, 6.45) is -4.81. The second-order valence-electron chi connectivity index (χ2n) is 5.60. The average Bonchev–Trinajstić information content (AvgIpc) is 2.83. The van der Waals surface area contributed by atoms with Crippen molar-refractivity contribution < 1.29 is 22.6 Å². The van der Waals surface area contributed by atoms with Gasteiger partial charge in [0.05, 0.1) is 21.8 Å². The van der Waals surface area contributed by atoms with Crippen LogP contribution in [-0.4, -0.2) is 17.5 Å². The normalized spacial score (nSPS) is 11.8. The fourth-order valence-corrected chi connectivity index (χ4v) is 3.16. The number of aromatic nitrogens is 1. The van der Waals surface area contributed by atoms with Crippen molar-refractivity contribution in [3.05, 3.63) is 45.0 Å². The highest BCUT2D eigenvalue weighted by Gasteiger charge is 2.40. The third-order valence-corrected chi connectivity index (χ3v) is 4.43. The van der Waals surface area contributed by atoms with Gasteiger partial charge in [0, 0.05) is 5.02 Å². The molecule has 1 heterocycles. The zero-order valence-electron chi connectivity index (χ0n) is 13.9. The van der Waals surface area contributed by atoms with Gasteiger partial charge in [0.2, 0.25) is 0 Å². The van der Waals surface area contributed by atoms with Crippen LogP contribution in [-0.2, 0) is 22.4 Å². The molecule has 9 heteroatoms. The van der Waals surface area contributed by atoms with Crippen molar-refractivity contribution >= 4 is 27.5 Å². The Hall–Kier alpha value is -1.53. The summed E-state index contributed by atoms with van der Waals surface area (Å²) in [7, 11) is 0. The predicted molar refractivity (Wildman–Crippen MR) is 94.5 cm³/mol. The van der Waals surface area contributed by atoms with Crippen molar-refractivity contribution in [2.75, 3.05) is 6.79 Å². The lowest BCUT2D eigenvalue weighted by molar-refractivity contribution is -0.150. The lowest BCUT2D eigenvalue weighted by Gasteiger charge is -2.16. The fraction of sp³-hybridized carbons (Fsp3) is 0.353. The van der Waals surface area contributed by atoms with Crippen LogP contribution in [0.15, 0.2) is 28.7 Å². The summed E-state index contributed by atoms with van der Waals surface area (Å²) in [6, 6.07) is 8.01. The van der Waals surface area contributed by atoms with Crippen molar-refractivity contribution in [1.29, 1.82) is 5.26 Å². The van der Waals surface area contributed by atoms with E-state index in [0.29, 0.717) is 10.6 Å². The number of nitrogens with zero attached hydrogens (tertiary/aromatic N) is 2. The minimum absolute atomic E-state index is 0.0907. The summed E-state index contributed by atoms with van der Waals surface area (Å²) in [5.41, 5.74) is -0.625. The van der Waals surface area contributed by atoms with E-state index in [0.717, 1.165) is 4.57 Å². The molecule has 0 N–H and O–H groups in total. The monoisotopic (exact) mass is 450 g/mol. The molecule has 0 unspecified atom stereocenters. The summed E-state index contributed by atoms with van der Waals surface area (Å²) >= 11 is 8.77. The maximum atomic E-state index is 13.6. The summed E-state index contributed by atoms with van der Waals surface area (Å²) < 4.78 is 51.8. The standard InChI is InChI=1S/C17H15BrClF3N2O2/c1-10(2)26-9-25-8-24-15(11-3-5-12(19)6-4-11)13(7-23)14(18)16(24)17(20,21)22/h3-6,10H,8-9H2,1-2H3. The molecule has 2 rings (SSSR count). The summed E-state index contributed by atoms with van der Waals surface area (Å²) in [6.45, 7) is 2.96. The minimum atomic E-state index is -4.68. The lowest BCUT2D eigenvalue weighted by atomic mass is 10.1. The van der Waals surface area contributed by atoms with Crippen LogP contribution in [0, 0.1) is 11.3 Å². The largest absolute Gasteiger partial charge is 0.432 e. The molecule has 0 fully saturated rings. The Kier molecular flexibility index (Phi) is 6.74. The van der Waals surface area contributed by atoms with Gasteiger partial charge >= 0.3 is 6.18 Å². The van der Waals surface area contributed by atoms with E-state index in [4.69, 9.17) is 21.1 Å². The molecule has 0 aliphatic carbocycles. The van der Waals surface area contributed by atoms with Crippen LogP contribution in [0.25, 0.3) is 11.3 Å². The zero-order chi connectivity index (χ0) is 19.5. The van der Waals surface area contributed by atoms with Gasteiger partial charge in [-0.25, -0.2) is 0 Å². The molecule has 140 valence electrons. The van der Waals surface area contributed by atoms with E-state index in [2.05, 4.69) is 15.9 Å². The Balaban J connectivity index is 2.56. The number of ether oxygens (including phenoxy) is 2. The molecule has 0 atom stereocenters. The first-order valence-corrected chi connectivity index (χ1v) is 8.68. The van der Waals surface area contributed by atoms with E-state index >= 15 is 0 Å². The number of nitriles is 1.